The summed E-state index contributed by atoms with van der Waals surface area (Å²) in [4.78, 5) is 27.0. The highest BCUT2D eigenvalue weighted by Crippen LogP contribution is 2.23. The maximum atomic E-state index is 11.7. The molecule has 1 amide bonds. The molecule has 1 aromatic rings. The van der Waals surface area contributed by atoms with Crippen LogP contribution in [-0.4, -0.2) is 16.7 Å². The summed E-state index contributed by atoms with van der Waals surface area (Å²) in [6.45, 7) is 3.46. The van der Waals surface area contributed by atoms with E-state index in [9.17, 15) is 9.59 Å². The van der Waals surface area contributed by atoms with Gasteiger partial charge in [-0.3, -0.25) is 9.59 Å². The number of ketones is 1. The fourth-order valence-electron chi connectivity index (χ4n) is 1.43. The Balaban J connectivity index is 2.57. The second-order valence-corrected chi connectivity index (χ2v) is 3.48. The number of amides is 1. The zero-order chi connectivity index (χ0) is 10.3. The molecule has 1 unspecified atom stereocenters. The average molecular weight is 190 g/mol. The van der Waals surface area contributed by atoms with Crippen molar-refractivity contribution < 1.29 is 9.59 Å². The number of carbonyl (C=O) groups excluding carboxylic acids is 2. The van der Waals surface area contributed by atoms with Crippen molar-refractivity contribution >= 4 is 17.5 Å². The lowest BCUT2D eigenvalue weighted by Gasteiger charge is -2.19. The number of nitrogens with zero attached hydrogens (tertiary/aromatic N) is 1. The molecule has 1 aliphatic rings. The van der Waals surface area contributed by atoms with Gasteiger partial charge in [-0.2, -0.15) is 0 Å². The summed E-state index contributed by atoms with van der Waals surface area (Å²) >= 11 is 0. The first kappa shape index (κ1) is 8.87. The van der Waals surface area contributed by atoms with Crippen molar-refractivity contribution in [1.29, 1.82) is 0 Å². The molecule has 0 aliphatic carbocycles. The molecule has 2 rings (SSSR count). The molecule has 1 aliphatic heterocycles. The first-order chi connectivity index (χ1) is 6.59. The molecule has 0 aromatic carbocycles. The Labute approximate surface area is 81.3 Å². The second-order valence-electron chi connectivity index (χ2n) is 3.48. The van der Waals surface area contributed by atoms with Crippen molar-refractivity contribution in [2.45, 2.75) is 13.8 Å². The summed E-state index contributed by atoms with van der Waals surface area (Å²) in [5, 5.41) is 2.60. The van der Waals surface area contributed by atoms with Gasteiger partial charge in [0.2, 0.25) is 5.91 Å². The maximum Gasteiger partial charge on any atom is 0.236 e. The van der Waals surface area contributed by atoms with Crippen LogP contribution >= 0.6 is 0 Å². The molecular formula is C10H10N2O2. The SMILES string of the molecule is Cc1cnc2c(c1)C(=O)C(C)C(=O)N2. The lowest BCUT2D eigenvalue weighted by molar-refractivity contribution is -0.118. The van der Waals surface area contributed by atoms with E-state index in [1.165, 1.54) is 0 Å². The molecule has 1 atom stereocenters. The van der Waals surface area contributed by atoms with E-state index < -0.39 is 5.92 Å². The van der Waals surface area contributed by atoms with Crippen LogP contribution in [0.1, 0.15) is 22.8 Å². The summed E-state index contributed by atoms with van der Waals surface area (Å²) in [7, 11) is 0. The zero-order valence-corrected chi connectivity index (χ0v) is 8.00. The van der Waals surface area contributed by atoms with Gasteiger partial charge in [0.05, 0.1) is 11.5 Å². The van der Waals surface area contributed by atoms with Crippen LogP contribution in [0.25, 0.3) is 0 Å². The summed E-state index contributed by atoms with van der Waals surface area (Å²) in [6.07, 6.45) is 1.63. The summed E-state index contributed by atoms with van der Waals surface area (Å²) < 4.78 is 0. The number of pyridine rings is 1. The number of aryl methyl sites for hydroxylation is 1. The van der Waals surface area contributed by atoms with Gasteiger partial charge in [-0.25, -0.2) is 4.98 Å². The first-order valence-corrected chi connectivity index (χ1v) is 4.41. The lowest BCUT2D eigenvalue weighted by Crippen LogP contribution is -2.33. The average Bonchev–Trinajstić information content (AvgIpc) is 2.16. The van der Waals surface area contributed by atoms with Crippen molar-refractivity contribution in [3.63, 3.8) is 0 Å². The molecule has 2 heterocycles. The van der Waals surface area contributed by atoms with Gasteiger partial charge in [0.25, 0.3) is 0 Å². The van der Waals surface area contributed by atoms with Gasteiger partial charge in [0.15, 0.2) is 5.78 Å². The Bertz CT molecular complexity index is 426. The number of aromatic nitrogens is 1. The van der Waals surface area contributed by atoms with Crippen LogP contribution in [0.5, 0.6) is 0 Å². The molecule has 0 radical (unpaired) electrons. The number of hydrogen-bond donors (Lipinski definition) is 1. The predicted molar refractivity (Wildman–Crippen MR) is 51.1 cm³/mol. The van der Waals surface area contributed by atoms with Gasteiger partial charge in [0, 0.05) is 6.20 Å². The second kappa shape index (κ2) is 2.90. The topological polar surface area (TPSA) is 59.1 Å². The van der Waals surface area contributed by atoms with Crippen LogP contribution in [0, 0.1) is 12.8 Å². The quantitative estimate of drug-likeness (QED) is 0.624. The fourth-order valence-corrected chi connectivity index (χ4v) is 1.43. The molecule has 0 fully saturated rings. The number of carbonyl (C=O) groups is 2. The Morgan fingerprint density at radius 2 is 2.14 bits per heavy atom. The molecular weight excluding hydrogens is 180 g/mol. The Morgan fingerprint density at radius 3 is 2.86 bits per heavy atom. The minimum absolute atomic E-state index is 0.153. The lowest BCUT2D eigenvalue weighted by atomic mass is 9.95. The van der Waals surface area contributed by atoms with Crippen molar-refractivity contribution in [3.05, 3.63) is 23.4 Å². The summed E-state index contributed by atoms with van der Waals surface area (Å²) in [5.41, 5.74) is 1.43. The van der Waals surface area contributed by atoms with Crippen LogP contribution in [0.4, 0.5) is 5.82 Å². The number of rotatable bonds is 0. The van der Waals surface area contributed by atoms with E-state index in [2.05, 4.69) is 10.3 Å². The fraction of sp³-hybridized carbons (Fsp3) is 0.300. The Morgan fingerprint density at radius 1 is 1.43 bits per heavy atom. The standard InChI is InChI=1S/C10H10N2O2/c1-5-3-7-8(13)6(2)10(14)12-9(7)11-4-5/h3-4,6H,1-2H3,(H,11,12,14). The van der Waals surface area contributed by atoms with Gasteiger partial charge in [-0.15, -0.1) is 0 Å². The van der Waals surface area contributed by atoms with Crippen LogP contribution < -0.4 is 5.32 Å². The largest absolute Gasteiger partial charge is 0.309 e. The summed E-state index contributed by atoms with van der Waals surface area (Å²) in [5.74, 6) is -0.659. The number of nitrogens with one attached hydrogen (secondary N) is 1. The number of anilines is 1. The van der Waals surface area contributed by atoms with E-state index in [1.54, 1.807) is 19.2 Å². The molecule has 14 heavy (non-hydrogen) atoms. The minimum Gasteiger partial charge on any atom is -0.309 e. The van der Waals surface area contributed by atoms with Gasteiger partial charge in [0.1, 0.15) is 5.82 Å². The van der Waals surface area contributed by atoms with Crippen molar-refractivity contribution in [2.75, 3.05) is 5.32 Å². The van der Waals surface area contributed by atoms with Crippen molar-refractivity contribution in [3.8, 4) is 0 Å². The van der Waals surface area contributed by atoms with Gasteiger partial charge < -0.3 is 5.32 Å². The monoisotopic (exact) mass is 190 g/mol. The normalized spacial score (nSPS) is 20.3. The van der Waals surface area contributed by atoms with Gasteiger partial charge >= 0.3 is 0 Å². The minimum atomic E-state index is -0.605. The predicted octanol–water partition coefficient (Wildman–Crippen LogP) is 1.16. The van der Waals surface area contributed by atoms with Crippen molar-refractivity contribution in [1.82, 2.24) is 4.98 Å². The molecule has 72 valence electrons. The van der Waals surface area contributed by atoms with Gasteiger partial charge in [-0.1, -0.05) is 0 Å². The molecule has 0 saturated carbocycles. The first-order valence-electron chi connectivity index (χ1n) is 4.41. The molecule has 4 heteroatoms. The van der Waals surface area contributed by atoms with Crippen LogP contribution in [-0.2, 0) is 4.79 Å². The molecule has 0 bridgehead atoms. The molecule has 1 N–H and O–H groups in total. The van der Waals surface area contributed by atoms with Gasteiger partial charge in [-0.05, 0) is 25.5 Å². The maximum absolute atomic E-state index is 11.7. The smallest absolute Gasteiger partial charge is 0.236 e. The molecule has 0 spiro atoms. The molecule has 4 nitrogen and oxygen atoms in total. The van der Waals surface area contributed by atoms with E-state index in [0.29, 0.717) is 11.4 Å². The third-order valence-corrected chi connectivity index (χ3v) is 2.32. The Kier molecular flexibility index (Phi) is 1.84. The molecule has 0 saturated heterocycles. The van der Waals surface area contributed by atoms with E-state index >= 15 is 0 Å². The zero-order valence-electron chi connectivity index (χ0n) is 8.00. The Hall–Kier alpha value is -1.71. The van der Waals surface area contributed by atoms with Crippen molar-refractivity contribution in [2.24, 2.45) is 5.92 Å². The van der Waals surface area contributed by atoms with E-state index in [-0.39, 0.29) is 11.7 Å². The highest BCUT2D eigenvalue weighted by atomic mass is 16.2. The number of hydrogen-bond acceptors (Lipinski definition) is 3. The summed E-state index contributed by atoms with van der Waals surface area (Å²) in [6, 6.07) is 1.75. The van der Waals surface area contributed by atoms with Crippen LogP contribution in [0.2, 0.25) is 0 Å². The van der Waals surface area contributed by atoms with E-state index in [1.807, 2.05) is 6.92 Å². The number of Topliss-reactive ketones (excluding diaryl/α,β-unsaturated/α-hetero) is 1. The van der Waals surface area contributed by atoms with Crippen LogP contribution in [0.15, 0.2) is 12.3 Å². The van der Waals surface area contributed by atoms with E-state index in [0.717, 1.165) is 5.56 Å². The molecule has 1 aromatic heterocycles. The third kappa shape index (κ3) is 1.19. The van der Waals surface area contributed by atoms with E-state index in [4.69, 9.17) is 0 Å². The third-order valence-electron chi connectivity index (χ3n) is 2.32. The highest BCUT2D eigenvalue weighted by molar-refractivity contribution is 6.19. The highest BCUT2D eigenvalue weighted by Gasteiger charge is 2.31. The number of fused-ring (bicyclic) bond motifs is 1. The van der Waals surface area contributed by atoms with Crippen LogP contribution in [0.3, 0.4) is 0 Å².